The lowest BCUT2D eigenvalue weighted by atomic mass is 9.96. The van der Waals surface area contributed by atoms with Gasteiger partial charge in [-0.2, -0.15) is 10.1 Å². The van der Waals surface area contributed by atoms with Crippen molar-refractivity contribution < 1.29 is 0 Å². The number of nitrogens with two attached hydrogens (primary N) is 1. The maximum Gasteiger partial charge on any atom is 0.239 e. The summed E-state index contributed by atoms with van der Waals surface area (Å²) in [4.78, 5) is 6.72. The molecule has 1 saturated heterocycles. The predicted molar refractivity (Wildman–Crippen MR) is 76.2 cm³/mol. The van der Waals surface area contributed by atoms with Gasteiger partial charge >= 0.3 is 0 Å². The van der Waals surface area contributed by atoms with Gasteiger partial charge in [0.2, 0.25) is 5.95 Å². The Bertz CT molecular complexity index is 551. The number of H-pyrrole nitrogens is 1. The van der Waals surface area contributed by atoms with Gasteiger partial charge in [0.1, 0.15) is 5.82 Å². The fourth-order valence-corrected chi connectivity index (χ4v) is 2.77. The van der Waals surface area contributed by atoms with Crippen LogP contribution in [0.5, 0.6) is 0 Å². The number of anilines is 1. The summed E-state index contributed by atoms with van der Waals surface area (Å²) in [6.45, 7) is 6.28. The van der Waals surface area contributed by atoms with Crippen LogP contribution in [0.4, 0.5) is 5.95 Å². The van der Waals surface area contributed by atoms with E-state index in [1.807, 2.05) is 12.3 Å². The summed E-state index contributed by atoms with van der Waals surface area (Å²) in [5.74, 6) is 1.74. The minimum atomic E-state index is 0.344. The van der Waals surface area contributed by atoms with Gasteiger partial charge in [0.15, 0.2) is 0 Å². The standard InChI is InChI=1S/C13H21N7/c1-10-2-5-15-20(10)9-8-19-6-3-11(4-7-19)12-16-13(14)18-17-12/h2,5,11H,3-4,6-9H2,1H3,(H3,14,16,17,18). The van der Waals surface area contributed by atoms with Crippen LogP contribution in [0.25, 0.3) is 0 Å². The fraction of sp³-hybridized carbons (Fsp3) is 0.615. The van der Waals surface area contributed by atoms with Crippen molar-refractivity contribution in [2.75, 3.05) is 25.4 Å². The molecule has 1 fully saturated rings. The van der Waals surface area contributed by atoms with Crippen LogP contribution in [0.3, 0.4) is 0 Å². The molecule has 0 bridgehead atoms. The van der Waals surface area contributed by atoms with Crippen LogP contribution in [0, 0.1) is 6.92 Å². The number of hydrogen-bond acceptors (Lipinski definition) is 5. The molecule has 0 aliphatic carbocycles. The molecule has 7 nitrogen and oxygen atoms in total. The molecule has 0 atom stereocenters. The first kappa shape index (κ1) is 13.1. The average Bonchev–Trinajstić information content (AvgIpc) is 3.06. The first-order valence-corrected chi connectivity index (χ1v) is 7.11. The Balaban J connectivity index is 1.48. The summed E-state index contributed by atoms with van der Waals surface area (Å²) in [5.41, 5.74) is 6.77. The highest BCUT2D eigenvalue weighted by Crippen LogP contribution is 2.25. The van der Waals surface area contributed by atoms with Gasteiger partial charge in [0, 0.05) is 24.4 Å². The lowest BCUT2D eigenvalue weighted by Gasteiger charge is -2.30. The number of aromatic amines is 1. The number of aryl methyl sites for hydroxylation is 1. The molecule has 3 heterocycles. The molecular weight excluding hydrogens is 254 g/mol. The van der Waals surface area contributed by atoms with Crippen molar-refractivity contribution in [3.63, 3.8) is 0 Å². The van der Waals surface area contributed by atoms with E-state index in [-0.39, 0.29) is 0 Å². The Morgan fingerprint density at radius 1 is 1.35 bits per heavy atom. The molecule has 3 N–H and O–H groups in total. The fourth-order valence-electron chi connectivity index (χ4n) is 2.77. The summed E-state index contributed by atoms with van der Waals surface area (Å²) < 4.78 is 2.06. The Morgan fingerprint density at radius 3 is 2.75 bits per heavy atom. The maximum absolute atomic E-state index is 5.56. The lowest BCUT2D eigenvalue weighted by molar-refractivity contribution is 0.199. The Morgan fingerprint density at radius 2 is 2.15 bits per heavy atom. The van der Waals surface area contributed by atoms with Crippen LogP contribution < -0.4 is 5.73 Å². The predicted octanol–water partition coefficient (Wildman–Crippen LogP) is 0.771. The van der Waals surface area contributed by atoms with E-state index in [2.05, 4.69) is 36.8 Å². The van der Waals surface area contributed by atoms with Gasteiger partial charge < -0.3 is 10.6 Å². The van der Waals surface area contributed by atoms with Crippen molar-refractivity contribution in [3.8, 4) is 0 Å². The first-order chi connectivity index (χ1) is 9.72. The molecular formula is C13H21N7. The molecule has 0 radical (unpaired) electrons. The number of nitrogen functional groups attached to an aromatic ring is 1. The molecule has 0 amide bonds. The topological polar surface area (TPSA) is 88.7 Å². The third-order valence-electron chi connectivity index (χ3n) is 4.05. The van der Waals surface area contributed by atoms with Crippen molar-refractivity contribution in [1.29, 1.82) is 0 Å². The zero-order chi connectivity index (χ0) is 13.9. The zero-order valence-electron chi connectivity index (χ0n) is 11.8. The highest BCUT2D eigenvalue weighted by Gasteiger charge is 2.22. The summed E-state index contributed by atoms with van der Waals surface area (Å²) >= 11 is 0. The summed E-state index contributed by atoms with van der Waals surface area (Å²) in [6.07, 6.45) is 4.06. The van der Waals surface area contributed by atoms with Crippen LogP contribution >= 0.6 is 0 Å². The van der Waals surface area contributed by atoms with Crippen molar-refractivity contribution >= 4 is 5.95 Å². The molecule has 1 aliphatic heterocycles. The van der Waals surface area contributed by atoms with E-state index in [1.54, 1.807) is 0 Å². The zero-order valence-corrected chi connectivity index (χ0v) is 11.8. The van der Waals surface area contributed by atoms with Gasteiger partial charge in [-0.1, -0.05) is 0 Å². The lowest BCUT2D eigenvalue weighted by Crippen LogP contribution is -2.35. The highest BCUT2D eigenvalue weighted by atomic mass is 15.3. The van der Waals surface area contributed by atoms with E-state index < -0.39 is 0 Å². The Hall–Kier alpha value is -1.89. The van der Waals surface area contributed by atoms with E-state index in [1.165, 1.54) is 5.69 Å². The first-order valence-electron chi connectivity index (χ1n) is 7.11. The van der Waals surface area contributed by atoms with Crippen molar-refractivity contribution in [2.45, 2.75) is 32.2 Å². The Labute approximate surface area is 118 Å². The maximum atomic E-state index is 5.56. The molecule has 0 aromatic carbocycles. The van der Waals surface area contributed by atoms with Crippen LogP contribution in [0.15, 0.2) is 12.3 Å². The van der Waals surface area contributed by atoms with E-state index in [0.29, 0.717) is 11.9 Å². The number of rotatable bonds is 4. The minimum absolute atomic E-state index is 0.344. The quantitative estimate of drug-likeness (QED) is 0.860. The third-order valence-corrected chi connectivity index (χ3v) is 4.05. The van der Waals surface area contributed by atoms with Gasteiger partial charge in [-0.3, -0.25) is 9.78 Å². The van der Waals surface area contributed by atoms with Crippen molar-refractivity contribution in [2.24, 2.45) is 0 Å². The molecule has 2 aromatic rings. The molecule has 1 aliphatic rings. The van der Waals surface area contributed by atoms with E-state index in [9.17, 15) is 0 Å². The monoisotopic (exact) mass is 275 g/mol. The summed E-state index contributed by atoms with van der Waals surface area (Å²) in [6, 6.07) is 2.04. The molecule has 0 spiro atoms. The van der Waals surface area contributed by atoms with Crippen LogP contribution in [0.1, 0.15) is 30.3 Å². The smallest absolute Gasteiger partial charge is 0.239 e. The molecule has 0 unspecified atom stereocenters. The van der Waals surface area contributed by atoms with Crippen LogP contribution in [-0.4, -0.2) is 49.5 Å². The van der Waals surface area contributed by atoms with Gasteiger partial charge in [-0.05, 0) is 38.9 Å². The second-order valence-corrected chi connectivity index (χ2v) is 5.39. The van der Waals surface area contributed by atoms with Crippen LogP contribution in [-0.2, 0) is 6.54 Å². The largest absolute Gasteiger partial charge is 0.367 e. The summed E-state index contributed by atoms with van der Waals surface area (Å²) in [5, 5.41) is 11.2. The molecule has 7 heteroatoms. The second kappa shape index (κ2) is 5.62. The Kier molecular flexibility index (Phi) is 3.68. The van der Waals surface area contributed by atoms with Crippen molar-refractivity contribution in [1.82, 2.24) is 29.9 Å². The SMILES string of the molecule is Cc1ccnn1CCN1CCC(c2nc(N)n[nH]2)CC1. The third kappa shape index (κ3) is 2.82. The number of likely N-dealkylation sites (tertiary alicyclic amines) is 1. The molecule has 20 heavy (non-hydrogen) atoms. The molecule has 108 valence electrons. The highest BCUT2D eigenvalue weighted by molar-refractivity contribution is 5.14. The second-order valence-electron chi connectivity index (χ2n) is 5.39. The minimum Gasteiger partial charge on any atom is -0.367 e. The van der Waals surface area contributed by atoms with Crippen LogP contribution in [0.2, 0.25) is 0 Å². The molecule has 3 rings (SSSR count). The average molecular weight is 275 g/mol. The summed E-state index contributed by atoms with van der Waals surface area (Å²) in [7, 11) is 0. The van der Waals surface area contributed by atoms with E-state index in [4.69, 9.17) is 5.73 Å². The van der Waals surface area contributed by atoms with E-state index in [0.717, 1.165) is 44.8 Å². The van der Waals surface area contributed by atoms with E-state index >= 15 is 0 Å². The van der Waals surface area contributed by atoms with Gasteiger partial charge in [-0.25, -0.2) is 0 Å². The van der Waals surface area contributed by atoms with Gasteiger partial charge in [0.25, 0.3) is 0 Å². The van der Waals surface area contributed by atoms with Crippen molar-refractivity contribution in [3.05, 3.63) is 23.8 Å². The van der Waals surface area contributed by atoms with Gasteiger partial charge in [-0.15, -0.1) is 5.10 Å². The molecule has 0 saturated carbocycles. The number of nitrogens with zero attached hydrogens (tertiary/aromatic N) is 5. The number of hydrogen-bond donors (Lipinski definition) is 2. The number of aromatic nitrogens is 5. The van der Waals surface area contributed by atoms with Gasteiger partial charge in [0.05, 0.1) is 6.54 Å². The molecule has 2 aromatic heterocycles. The number of piperidine rings is 1. The normalized spacial score (nSPS) is 17.6. The number of nitrogens with one attached hydrogen (secondary N) is 1.